The molecule has 0 bridgehead atoms. The monoisotopic (exact) mass is 259 g/mol. The van der Waals surface area contributed by atoms with Gasteiger partial charge in [0.1, 0.15) is 11.5 Å². The Morgan fingerprint density at radius 3 is 3.17 bits per heavy atom. The molecule has 2 aromatic rings. The standard InChI is InChI=1S/C14H13NO2S/c16-13(6-12-7-15-9-18-12)11-5-10-3-1-2-4-14(10)17-8-11/h1-4,7,9,11H,5-6,8H2. The number of ketones is 1. The Hall–Kier alpha value is -1.68. The van der Waals surface area contributed by atoms with Crippen molar-refractivity contribution in [1.82, 2.24) is 4.98 Å². The van der Waals surface area contributed by atoms with E-state index in [0.717, 1.165) is 22.6 Å². The number of fused-ring (bicyclic) bond motifs is 1. The first-order valence-electron chi connectivity index (χ1n) is 5.94. The van der Waals surface area contributed by atoms with Crippen LogP contribution in [0.3, 0.4) is 0 Å². The van der Waals surface area contributed by atoms with E-state index in [1.54, 1.807) is 11.7 Å². The van der Waals surface area contributed by atoms with Gasteiger partial charge in [0.2, 0.25) is 0 Å². The molecule has 92 valence electrons. The maximum atomic E-state index is 12.2. The van der Waals surface area contributed by atoms with Crippen LogP contribution in [0.5, 0.6) is 5.75 Å². The van der Waals surface area contributed by atoms with Crippen molar-refractivity contribution in [3.63, 3.8) is 0 Å². The summed E-state index contributed by atoms with van der Waals surface area (Å²) in [6, 6.07) is 7.93. The van der Waals surface area contributed by atoms with Gasteiger partial charge in [-0.2, -0.15) is 0 Å². The van der Waals surface area contributed by atoms with Gasteiger partial charge in [-0.1, -0.05) is 18.2 Å². The predicted octanol–water partition coefficient (Wildman–Crippen LogP) is 2.51. The third-order valence-electron chi connectivity index (χ3n) is 3.17. The topological polar surface area (TPSA) is 39.2 Å². The van der Waals surface area contributed by atoms with Gasteiger partial charge in [-0.15, -0.1) is 11.3 Å². The Bertz CT molecular complexity index is 551. The maximum Gasteiger partial charge on any atom is 0.144 e. The number of hydrogen-bond acceptors (Lipinski definition) is 4. The third-order valence-corrected chi connectivity index (χ3v) is 3.95. The van der Waals surface area contributed by atoms with Crippen molar-refractivity contribution >= 4 is 17.1 Å². The van der Waals surface area contributed by atoms with E-state index in [9.17, 15) is 4.79 Å². The fourth-order valence-corrected chi connectivity index (χ4v) is 2.78. The number of nitrogens with zero attached hydrogens (tertiary/aromatic N) is 1. The summed E-state index contributed by atoms with van der Waals surface area (Å²) < 4.78 is 5.64. The highest BCUT2D eigenvalue weighted by Crippen LogP contribution is 2.27. The molecule has 18 heavy (non-hydrogen) atoms. The summed E-state index contributed by atoms with van der Waals surface area (Å²) in [5, 5.41) is 0. The van der Waals surface area contributed by atoms with Gasteiger partial charge in [0.25, 0.3) is 0 Å². The van der Waals surface area contributed by atoms with Gasteiger partial charge in [-0.3, -0.25) is 9.78 Å². The lowest BCUT2D eigenvalue weighted by molar-refractivity contribution is -0.123. The van der Waals surface area contributed by atoms with Crippen molar-refractivity contribution in [3.05, 3.63) is 46.4 Å². The summed E-state index contributed by atoms with van der Waals surface area (Å²) in [6.45, 7) is 0.495. The van der Waals surface area contributed by atoms with Crippen LogP contribution in [0.1, 0.15) is 10.4 Å². The van der Waals surface area contributed by atoms with E-state index >= 15 is 0 Å². The van der Waals surface area contributed by atoms with Crippen LogP contribution in [0.15, 0.2) is 36.0 Å². The molecule has 1 aliphatic heterocycles. The molecular formula is C14H13NO2S. The Morgan fingerprint density at radius 2 is 2.33 bits per heavy atom. The molecule has 2 heterocycles. The van der Waals surface area contributed by atoms with Crippen molar-refractivity contribution in [2.24, 2.45) is 5.92 Å². The summed E-state index contributed by atoms with van der Waals surface area (Å²) in [4.78, 5) is 17.2. The molecule has 0 spiro atoms. The Balaban J connectivity index is 1.70. The second kappa shape index (κ2) is 4.90. The smallest absolute Gasteiger partial charge is 0.144 e. The van der Waals surface area contributed by atoms with Crippen LogP contribution >= 0.6 is 11.3 Å². The third kappa shape index (κ3) is 2.29. The van der Waals surface area contributed by atoms with Crippen LogP contribution in [-0.2, 0) is 17.6 Å². The highest BCUT2D eigenvalue weighted by molar-refractivity contribution is 7.09. The van der Waals surface area contributed by atoms with Gasteiger partial charge in [-0.05, 0) is 18.1 Å². The highest BCUT2D eigenvalue weighted by atomic mass is 32.1. The summed E-state index contributed by atoms with van der Waals surface area (Å²) in [6.07, 6.45) is 3.02. The number of benzene rings is 1. The van der Waals surface area contributed by atoms with Crippen molar-refractivity contribution in [2.75, 3.05) is 6.61 Å². The number of rotatable bonds is 3. The van der Waals surface area contributed by atoms with Crippen molar-refractivity contribution in [2.45, 2.75) is 12.8 Å². The Labute approximate surface area is 109 Å². The molecule has 0 amide bonds. The number of para-hydroxylation sites is 1. The fraction of sp³-hybridized carbons (Fsp3) is 0.286. The number of carbonyl (C=O) groups excluding carboxylic acids is 1. The molecule has 0 saturated carbocycles. The molecule has 3 nitrogen and oxygen atoms in total. The van der Waals surface area contributed by atoms with Gasteiger partial charge in [0, 0.05) is 17.5 Å². The predicted molar refractivity (Wildman–Crippen MR) is 70.0 cm³/mol. The fourth-order valence-electron chi connectivity index (χ4n) is 2.18. The van der Waals surface area contributed by atoms with Gasteiger partial charge in [0.05, 0.1) is 18.0 Å². The zero-order valence-corrected chi connectivity index (χ0v) is 10.7. The Morgan fingerprint density at radius 1 is 1.44 bits per heavy atom. The molecule has 1 aromatic carbocycles. The van der Waals surface area contributed by atoms with E-state index in [0.29, 0.717) is 13.0 Å². The van der Waals surface area contributed by atoms with Crippen LogP contribution < -0.4 is 4.74 Å². The summed E-state index contributed by atoms with van der Waals surface area (Å²) >= 11 is 1.53. The summed E-state index contributed by atoms with van der Waals surface area (Å²) in [5.41, 5.74) is 2.89. The average Bonchev–Trinajstić information content (AvgIpc) is 2.91. The number of ether oxygens (including phenoxy) is 1. The molecule has 0 radical (unpaired) electrons. The zero-order valence-electron chi connectivity index (χ0n) is 9.83. The zero-order chi connectivity index (χ0) is 12.4. The lowest BCUT2D eigenvalue weighted by Crippen LogP contribution is -2.29. The first-order chi connectivity index (χ1) is 8.83. The van der Waals surface area contributed by atoms with Crippen LogP contribution in [0.25, 0.3) is 0 Å². The molecule has 0 saturated heterocycles. The second-order valence-corrected chi connectivity index (χ2v) is 5.40. The second-order valence-electron chi connectivity index (χ2n) is 4.43. The minimum Gasteiger partial charge on any atom is -0.493 e. The molecule has 1 unspecified atom stereocenters. The van der Waals surface area contributed by atoms with E-state index in [2.05, 4.69) is 4.98 Å². The summed E-state index contributed by atoms with van der Waals surface area (Å²) in [5.74, 6) is 1.13. The molecule has 1 atom stereocenters. The minimum absolute atomic E-state index is 0.0259. The maximum absolute atomic E-state index is 12.2. The molecule has 0 fully saturated rings. The van der Waals surface area contributed by atoms with Crippen molar-refractivity contribution in [1.29, 1.82) is 0 Å². The number of hydrogen-bond donors (Lipinski definition) is 0. The molecule has 1 aromatic heterocycles. The molecule has 0 N–H and O–H groups in total. The van der Waals surface area contributed by atoms with E-state index < -0.39 is 0 Å². The van der Waals surface area contributed by atoms with Crippen LogP contribution in [0, 0.1) is 5.92 Å². The molecule has 0 aliphatic carbocycles. The Kier molecular flexibility index (Phi) is 3.11. The summed E-state index contributed by atoms with van der Waals surface area (Å²) in [7, 11) is 0. The average molecular weight is 259 g/mol. The number of aromatic nitrogens is 1. The van der Waals surface area contributed by atoms with Crippen LogP contribution in [-0.4, -0.2) is 17.4 Å². The van der Waals surface area contributed by atoms with E-state index in [4.69, 9.17) is 4.74 Å². The SMILES string of the molecule is O=C(Cc1cncs1)C1COc2ccccc2C1. The quantitative estimate of drug-likeness (QED) is 0.850. The first kappa shape index (κ1) is 11.4. The van der Waals surface area contributed by atoms with Gasteiger partial charge >= 0.3 is 0 Å². The normalized spacial score (nSPS) is 17.9. The van der Waals surface area contributed by atoms with Crippen molar-refractivity contribution in [3.8, 4) is 5.75 Å². The van der Waals surface area contributed by atoms with Gasteiger partial charge in [0.15, 0.2) is 0 Å². The molecular weight excluding hydrogens is 246 g/mol. The van der Waals surface area contributed by atoms with E-state index in [1.165, 1.54) is 11.3 Å². The first-order valence-corrected chi connectivity index (χ1v) is 6.81. The number of thiazole rings is 1. The molecule has 1 aliphatic rings. The van der Waals surface area contributed by atoms with Gasteiger partial charge < -0.3 is 4.74 Å². The lowest BCUT2D eigenvalue weighted by Gasteiger charge is -2.24. The number of carbonyl (C=O) groups is 1. The lowest BCUT2D eigenvalue weighted by atomic mass is 9.91. The van der Waals surface area contributed by atoms with Crippen LogP contribution in [0.4, 0.5) is 0 Å². The molecule has 4 heteroatoms. The largest absolute Gasteiger partial charge is 0.493 e. The van der Waals surface area contributed by atoms with Crippen LogP contribution in [0.2, 0.25) is 0 Å². The van der Waals surface area contributed by atoms with Gasteiger partial charge in [-0.25, -0.2) is 0 Å². The highest BCUT2D eigenvalue weighted by Gasteiger charge is 2.25. The van der Waals surface area contributed by atoms with Crippen molar-refractivity contribution < 1.29 is 9.53 Å². The van der Waals surface area contributed by atoms with E-state index in [-0.39, 0.29) is 11.7 Å². The minimum atomic E-state index is -0.0259. The number of Topliss-reactive ketones (excluding diaryl/α,β-unsaturated/α-hetero) is 1. The van der Waals surface area contributed by atoms with E-state index in [1.807, 2.05) is 24.3 Å². The molecule has 3 rings (SSSR count).